The Morgan fingerprint density at radius 3 is 2.84 bits per heavy atom. The van der Waals surface area contributed by atoms with Crippen molar-refractivity contribution in [2.24, 2.45) is 0 Å². The number of rotatable bonds is 3. The number of carbonyl (C=O) groups is 1. The first-order valence-electron chi connectivity index (χ1n) is 8.10. The lowest BCUT2D eigenvalue weighted by molar-refractivity contribution is -0.143. The maximum absolute atomic E-state index is 12.6. The quantitative estimate of drug-likeness (QED) is 0.679. The smallest absolute Gasteiger partial charge is 0.329 e. The SMILES string of the molecule is COC(=O)[C@@H]1CSc2cc(Cc3cccc4ccccc34)cc(=O)n21. The number of esters is 1. The van der Waals surface area contributed by atoms with Crippen molar-refractivity contribution in [2.45, 2.75) is 17.5 Å². The van der Waals surface area contributed by atoms with Crippen LogP contribution in [0, 0.1) is 0 Å². The molecule has 4 rings (SSSR count). The van der Waals surface area contributed by atoms with Crippen LogP contribution in [0.5, 0.6) is 0 Å². The molecule has 0 saturated carbocycles. The Morgan fingerprint density at radius 1 is 1.20 bits per heavy atom. The second-order valence-corrected chi connectivity index (χ2v) is 7.12. The molecule has 3 aromatic rings. The Balaban J connectivity index is 1.72. The molecule has 0 unspecified atom stereocenters. The summed E-state index contributed by atoms with van der Waals surface area (Å²) in [5.41, 5.74) is 2.01. The molecule has 1 aliphatic rings. The Kier molecular flexibility index (Phi) is 4.09. The Morgan fingerprint density at radius 2 is 2.00 bits per heavy atom. The van der Waals surface area contributed by atoms with E-state index in [4.69, 9.17) is 4.74 Å². The number of nitrogens with zero attached hydrogens (tertiary/aromatic N) is 1. The van der Waals surface area contributed by atoms with Crippen molar-refractivity contribution in [3.63, 3.8) is 0 Å². The maximum atomic E-state index is 12.6. The zero-order chi connectivity index (χ0) is 17.4. The molecule has 0 radical (unpaired) electrons. The number of ether oxygens (including phenoxy) is 1. The van der Waals surface area contributed by atoms with Gasteiger partial charge in [0.1, 0.15) is 6.04 Å². The van der Waals surface area contributed by atoms with Crippen LogP contribution in [-0.2, 0) is 16.0 Å². The molecule has 126 valence electrons. The van der Waals surface area contributed by atoms with E-state index in [1.54, 1.807) is 10.6 Å². The summed E-state index contributed by atoms with van der Waals surface area (Å²) in [7, 11) is 1.35. The van der Waals surface area contributed by atoms with Crippen LogP contribution in [0.2, 0.25) is 0 Å². The van der Waals surface area contributed by atoms with Gasteiger partial charge in [-0.25, -0.2) is 4.79 Å². The maximum Gasteiger partial charge on any atom is 0.329 e. The summed E-state index contributed by atoms with van der Waals surface area (Å²) in [6.45, 7) is 0. The van der Waals surface area contributed by atoms with Gasteiger partial charge < -0.3 is 4.74 Å². The van der Waals surface area contributed by atoms with Crippen molar-refractivity contribution in [3.05, 3.63) is 76.1 Å². The Bertz CT molecular complexity index is 1020. The fraction of sp³-hybridized carbons (Fsp3) is 0.200. The highest BCUT2D eigenvalue weighted by molar-refractivity contribution is 7.99. The molecule has 1 aromatic heterocycles. The minimum atomic E-state index is -0.524. The predicted octanol–water partition coefficient (Wildman–Crippen LogP) is 3.41. The number of benzene rings is 2. The van der Waals surface area contributed by atoms with E-state index in [0.29, 0.717) is 12.2 Å². The van der Waals surface area contributed by atoms with Gasteiger partial charge in [-0.2, -0.15) is 0 Å². The van der Waals surface area contributed by atoms with E-state index in [-0.39, 0.29) is 11.5 Å². The number of methoxy groups -OCH3 is 1. The van der Waals surface area contributed by atoms with E-state index < -0.39 is 6.04 Å². The van der Waals surface area contributed by atoms with E-state index in [2.05, 4.69) is 24.3 Å². The van der Waals surface area contributed by atoms with Gasteiger partial charge in [-0.15, -0.1) is 11.8 Å². The zero-order valence-corrected chi connectivity index (χ0v) is 14.6. The highest BCUT2D eigenvalue weighted by Gasteiger charge is 2.30. The van der Waals surface area contributed by atoms with Crippen LogP contribution in [0.3, 0.4) is 0 Å². The second-order valence-electron chi connectivity index (χ2n) is 6.08. The molecule has 0 N–H and O–H groups in total. The fourth-order valence-corrected chi connectivity index (χ4v) is 4.55. The van der Waals surface area contributed by atoms with Gasteiger partial charge in [-0.1, -0.05) is 42.5 Å². The third kappa shape index (κ3) is 2.85. The number of thioether (sulfide) groups is 1. The largest absolute Gasteiger partial charge is 0.467 e. The van der Waals surface area contributed by atoms with Gasteiger partial charge in [-0.3, -0.25) is 9.36 Å². The van der Waals surface area contributed by atoms with Crippen molar-refractivity contribution >= 4 is 28.5 Å². The third-order valence-corrected chi connectivity index (χ3v) is 5.63. The molecule has 1 aliphatic heterocycles. The first-order valence-corrected chi connectivity index (χ1v) is 9.08. The van der Waals surface area contributed by atoms with Gasteiger partial charge >= 0.3 is 5.97 Å². The predicted molar refractivity (Wildman–Crippen MR) is 99.2 cm³/mol. The first kappa shape index (κ1) is 16.0. The van der Waals surface area contributed by atoms with Crippen LogP contribution in [-0.4, -0.2) is 23.4 Å². The van der Waals surface area contributed by atoms with Gasteiger partial charge in [0, 0.05) is 11.8 Å². The van der Waals surface area contributed by atoms with Crippen molar-refractivity contribution in [1.82, 2.24) is 4.57 Å². The van der Waals surface area contributed by atoms with Crippen LogP contribution in [0.1, 0.15) is 17.2 Å². The summed E-state index contributed by atoms with van der Waals surface area (Å²) in [5.74, 6) is 0.176. The molecule has 0 spiro atoms. The number of hydrogen-bond acceptors (Lipinski definition) is 4. The van der Waals surface area contributed by atoms with Crippen LogP contribution >= 0.6 is 11.8 Å². The number of carbonyl (C=O) groups excluding carboxylic acids is 1. The molecule has 25 heavy (non-hydrogen) atoms. The van der Waals surface area contributed by atoms with Gasteiger partial charge in [-0.05, 0) is 34.4 Å². The summed E-state index contributed by atoms with van der Waals surface area (Å²) in [6, 6.07) is 17.6. The van der Waals surface area contributed by atoms with E-state index in [1.807, 2.05) is 24.3 Å². The highest BCUT2D eigenvalue weighted by atomic mass is 32.2. The first-order chi connectivity index (χ1) is 12.2. The van der Waals surface area contributed by atoms with Crippen LogP contribution in [0.4, 0.5) is 0 Å². The van der Waals surface area contributed by atoms with E-state index in [0.717, 1.165) is 10.6 Å². The van der Waals surface area contributed by atoms with Crippen LogP contribution in [0.25, 0.3) is 10.8 Å². The lowest BCUT2D eigenvalue weighted by Crippen LogP contribution is -2.29. The molecule has 0 bridgehead atoms. The lowest BCUT2D eigenvalue weighted by atomic mass is 9.99. The van der Waals surface area contributed by atoms with Gasteiger partial charge in [0.2, 0.25) is 0 Å². The second kappa shape index (κ2) is 6.41. The molecule has 0 amide bonds. The zero-order valence-electron chi connectivity index (χ0n) is 13.8. The van der Waals surface area contributed by atoms with Crippen molar-refractivity contribution < 1.29 is 9.53 Å². The van der Waals surface area contributed by atoms with Crippen LogP contribution < -0.4 is 5.56 Å². The van der Waals surface area contributed by atoms with Crippen molar-refractivity contribution in [2.75, 3.05) is 12.9 Å². The average Bonchev–Trinajstić information content (AvgIpc) is 3.06. The molecule has 0 saturated heterocycles. The fourth-order valence-electron chi connectivity index (χ4n) is 3.34. The van der Waals surface area contributed by atoms with E-state index >= 15 is 0 Å². The summed E-state index contributed by atoms with van der Waals surface area (Å²) in [5, 5.41) is 3.22. The molecular formula is C20H17NO3S. The van der Waals surface area contributed by atoms with Crippen LogP contribution in [0.15, 0.2) is 64.4 Å². The Hall–Kier alpha value is -2.53. The summed E-state index contributed by atoms with van der Waals surface area (Å²) in [6.07, 6.45) is 0.688. The van der Waals surface area contributed by atoms with Gasteiger partial charge in [0.05, 0.1) is 12.1 Å². The molecule has 4 nitrogen and oxygen atoms in total. The third-order valence-electron chi connectivity index (χ3n) is 4.54. The topological polar surface area (TPSA) is 48.3 Å². The molecule has 1 atom stereocenters. The van der Waals surface area contributed by atoms with Crippen molar-refractivity contribution in [3.8, 4) is 0 Å². The number of hydrogen-bond donors (Lipinski definition) is 0. The molecule has 2 aromatic carbocycles. The lowest BCUT2D eigenvalue weighted by Gasteiger charge is -2.12. The molecule has 2 heterocycles. The summed E-state index contributed by atoms with van der Waals surface area (Å²) >= 11 is 1.52. The normalized spacial score (nSPS) is 16.0. The standard InChI is InChI=1S/C20H17NO3S/c1-24-20(23)17-12-25-19-11-13(10-18(22)21(17)19)9-15-7-4-6-14-5-2-3-8-16(14)15/h2-8,10-11,17H,9,12H2,1H3/t17-/m0/s1. The minimum absolute atomic E-state index is 0.145. The minimum Gasteiger partial charge on any atom is -0.467 e. The van der Waals surface area contributed by atoms with E-state index in [1.165, 1.54) is 35.2 Å². The summed E-state index contributed by atoms with van der Waals surface area (Å²) in [4.78, 5) is 24.4. The molecular weight excluding hydrogens is 334 g/mol. The van der Waals surface area contributed by atoms with E-state index in [9.17, 15) is 9.59 Å². The number of fused-ring (bicyclic) bond motifs is 2. The number of aromatic nitrogens is 1. The Labute approximate surface area is 149 Å². The summed E-state index contributed by atoms with van der Waals surface area (Å²) < 4.78 is 6.35. The van der Waals surface area contributed by atoms with Gasteiger partial charge in [0.25, 0.3) is 5.56 Å². The number of pyridine rings is 1. The molecule has 0 fully saturated rings. The molecule has 5 heteroatoms. The van der Waals surface area contributed by atoms with Crippen molar-refractivity contribution in [1.29, 1.82) is 0 Å². The monoisotopic (exact) mass is 351 g/mol. The highest BCUT2D eigenvalue weighted by Crippen LogP contribution is 2.33. The van der Waals surface area contributed by atoms with Gasteiger partial charge in [0.15, 0.2) is 0 Å². The average molecular weight is 351 g/mol. The molecule has 0 aliphatic carbocycles.